The van der Waals surface area contributed by atoms with Gasteiger partial charge in [-0.25, -0.2) is 0 Å². The molecule has 1 aliphatic heterocycles. The highest BCUT2D eigenvalue weighted by molar-refractivity contribution is 5.23. The lowest BCUT2D eigenvalue weighted by atomic mass is 10.3. The Kier molecular flexibility index (Phi) is 2.48. The maximum atomic E-state index is 5.59. The van der Waals surface area contributed by atoms with E-state index in [1.165, 1.54) is 0 Å². The molecule has 0 aromatic heterocycles. The van der Waals surface area contributed by atoms with E-state index in [9.17, 15) is 0 Å². The van der Waals surface area contributed by atoms with E-state index in [4.69, 9.17) is 4.74 Å². The second kappa shape index (κ2) is 3.96. The number of benzene rings is 1. The van der Waals surface area contributed by atoms with Gasteiger partial charge in [0.25, 0.3) is 0 Å². The Bertz CT molecular complexity index is 295. The molecule has 0 saturated heterocycles. The summed E-state index contributed by atoms with van der Waals surface area (Å²) in [5.41, 5.74) is 0. The fraction of sp³-hybridized carbons (Fsp3) is 0.200. The van der Waals surface area contributed by atoms with Crippen LogP contribution in [0.25, 0.3) is 0 Å². The average molecular weight is 176 g/mol. The fourth-order valence-electron chi connectivity index (χ4n) is 1.18. The van der Waals surface area contributed by atoms with Crippen molar-refractivity contribution < 1.29 is 4.74 Å². The van der Waals surface area contributed by atoms with Crippen LogP contribution in [0.2, 0.25) is 0 Å². The van der Waals surface area contributed by atoms with E-state index in [0.717, 1.165) is 24.7 Å². The number of hydrogen-bond acceptors (Lipinski definition) is 3. The molecule has 1 aromatic rings. The SMILES string of the molecule is C1=C(Oc2ccccc2)CNCN1. The lowest BCUT2D eigenvalue weighted by Gasteiger charge is -2.16. The highest BCUT2D eigenvalue weighted by atomic mass is 16.5. The van der Waals surface area contributed by atoms with Crippen LogP contribution < -0.4 is 15.4 Å². The highest BCUT2D eigenvalue weighted by Gasteiger charge is 2.03. The van der Waals surface area contributed by atoms with Crippen molar-refractivity contribution in [1.82, 2.24) is 10.6 Å². The standard InChI is InChI=1S/C10H12N2O/c1-2-4-9(5-3-1)13-10-6-11-8-12-7-10/h1-6,11-12H,7-8H2. The smallest absolute Gasteiger partial charge is 0.133 e. The number of rotatable bonds is 2. The third-order valence-electron chi connectivity index (χ3n) is 1.78. The molecule has 1 aliphatic rings. The molecule has 0 spiro atoms. The molecular formula is C10H12N2O. The predicted molar refractivity (Wildman–Crippen MR) is 51.2 cm³/mol. The van der Waals surface area contributed by atoms with Crippen LogP contribution in [0.15, 0.2) is 42.3 Å². The molecule has 2 rings (SSSR count). The zero-order valence-electron chi connectivity index (χ0n) is 7.29. The van der Waals surface area contributed by atoms with Gasteiger partial charge >= 0.3 is 0 Å². The first-order valence-electron chi connectivity index (χ1n) is 4.31. The van der Waals surface area contributed by atoms with Crippen LogP contribution in [0.1, 0.15) is 0 Å². The molecule has 3 nitrogen and oxygen atoms in total. The summed E-state index contributed by atoms with van der Waals surface area (Å²) in [4.78, 5) is 0. The first kappa shape index (κ1) is 8.13. The molecule has 3 heteroatoms. The van der Waals surface area contributed by atoms with Gasteiger partial charge in [-0.05, 0) is 12.1 Å². The summed E-state index contributed by atoms with van der Waals surface area (Å²) in [5, 5.41) is 6.21. The van der Waals surface area contributed by atoms with E-state index in [2.05, 4.69) is 10.6 Å². The number of hydrogen-bond donors (Lipinski definition) is 2. The Hall–Kier alpha value is -1.48. The minimum atomic E-state index is 0.780. The van der Waals surface area contributed by atoms with Crippen molar-refractivity contribution in [3.63, 3.8) is 0 Å². The van der Waals surface area contributed by atoms with Crippen LogP contribution in [-0.2, 0) is 0 Å². The summed E-state index contributed by atoms with van der Waals surface area (Å²) in [5.74, 6) is 1.79. The van der Waals surface area contributed by atoms with Crippen LogP contribution in [-0.4, -0.2) is 13.2 Å². The van der Waals surface area contributed by atoms with Crippen molar-refractivity contribution in [3.8, 4) is 5.75 Å². The van der Waals surface area contributed by atoms with E-state index in [0.29, 0.717) is 0 Å². The predicted octanol–water partition coefficient (Wildman–Crippen LogP) is 1.06. The summed E-state index contributed by atoms with van der Waals surface area (Å²) < 4.78 is 5.59. The second-order valence-corrected chi connectivity index (χ2v) is 2.83. The molecule has 1 heterocycles. The van der Waals surface area contributed by atoms with Gasteiger partial charge < -0.3 is 10.1 Å². The van der Waals surface area contributed by atoms with Gasteiger partial charge in [-0.15, -0.1) is 0 Å². The molecule has 0 amide bonds. The van der Waals surface area contributed by atoms with Gasteiger partial charge in [0, 0.05) is 6.20 Å². The van der Waals surface area contributed by atoms with Gasteiger partial charge in [-0.3, -0.25) is 5.32 Å². The normalized spacial score (nSPS) is 15.8. The lowest BCUT2D eigenvalue weighted by molar-refractivity contribution is 0.384. The van der Waals surface area contributed by atoms with Gasteiger partial charge in [0.1, 0.15) is 11.5 Å². The topological polar surface area (TPSA) is 33.3 Å². The van der Waals surface area contributed by atoms with E-state index >= 15 is 0 Å². The van der Waals surface area contributed by atoms with Crippen molar-refractivity contribution in [1.29, 1.82) is 0 Å². The molecule has 0 fully saturated rings. The summed E-state index contributed by atoms with van der Waals surface area (Å²) in [6, 6.07) is 9.77. The number of ether oxygens (including phenoxy) is 1. The molecule has 68 valence electrons. The van der Waals surface area contributed by atoms with E-state index in [1.54, 1.807) is 0 Å². The quantitative estimate of drug-likeness (QED) is 0.706. The maximum absolute atomic E-state index is 5.59. The van der Waals surface area contributed by atoms with Gasteiger partial charge in [0.15, 0.2) is 0 Å². The summed E-state index contributed by atoms with van der Waals surface area (Å²) in [7, 11) is 0. The molecule has 0 bridgehead atoms. The van der Waals surface area contributed by atoms with Gasteiger partial charge in [-0.1, -0.05) is 18.2 Å². The Morgan fingerprint density at radius 2 is 2.00 bits per heavy atom. The van der Waals surface area contributed by atoms with Crippen LogP contribution in [0, 0.1) is 0 Å². The Labute approximate surface area is 77.4 Å². The third kappa shape index (κ3) is 2.23. The van der Waals surface area contributed by atoms with Crippen molar-refractivity contribution in [2.45, 2.75) is 0 Å². The molecular weight excluding hydrogens is 164 g/mol. The molecule has 0 saturated carbocycles. The van der Waals surface area contributed by atoms with Crippen LogP contribution in [0.5, 0.6) is 5.75 Å². The number of para-hydroxylation sites is 1. The molecule has 0 atom stereocenters. The molecule has 2 N–H and O–H groups in total. The number of nitrogens with one attached hydrogen (secondary N) is 2. The molecule has 13 heavy (non-hydrogen) atoms. The molecule has 1 aromatic carbocycles. The molecule has 0 unspecified atom stereocenters. The van der Waals surface area contributed by atoms with Gasteiger partial charge in [0.05, 0.1) is 13.2 Å². The van der Waals surface area contributed by atoms with Crippen molar-refractivity contribution in [3.05, 3.63) is 42.3 Å². The fourth-order valence-corrected chi connectivity index (χ4v) is 1.18. The van der Waals surface area contributed by atoms with Crippen LogP contribution in [0.4, 0.5) is 0 Å². The molecule has 0 aliphatic carbocycles. The maximum Gasteiger partial charge on any atom is 0.133 e. The minimum Gasteiger partial charge on any atom is -0.459 e. The molecule has 0 radical (unpaired) electrons. The minimum absolute atomic E-state index is 0.780. The van der Waals surface area contributed by atoms with Gasteiger partial charge in [0.2, 0.25) is 0 Å². The summed E-state index contributed by atoms with van der Waals surface area (Å²) >= 11 is 0. The van der Waals surface area contributed by atoms with E-state index in [-0.39, 0.29) is 0 Å². The van der Waals surface area contributed by atoms with E-state index < -0.39 is 0 Å². The second-order valence-electron chi connectivity index (χ2n) is 2.83. The van der Waals surface area contributed by atoms with Crippen molar-refractivity contribution in [2.24, 2.45) is 0 Å². The van der Waals surface area contributed by atoms with Crippen LogP contribution in [0.3, 0.4) is 0 Å². The van der Waals surface area contributed by atoms with Crippen molar-refractivity contribution >= 4 is 0 Å². The lowest BCUT2D eigenvalue weighted by Crippen LogP contribution is -2.34. The summed E-state index contributed by atoms with van der Waals surface area (Å²) in [6.07, 6.45) is 1.89. The third-order valence-corrected chi connectivity index (χ3v) is 1.78. The summed E-state index contributed by atoms with van der Waals surface area (Å²) in [6.45, 7) is 1.59. The Morgan fingerprint density at radius 1 is 1.15 bits per heavy atom. The zero-order chi connectivity index (χ0) is 8.93. The van der Waals surface area contributed by atoms with Gasteiger partial charge in [-0.2, -0.15) is 0 Å². The Balaban J connectivity index is 2.01. The Morgan fingerprint density at radius 3 is 2.69 bits per heavy atom. The average Bonchev–Trinajstić information content (AvgIpc) is 2.21. The zero-order valence-corrected chi connectivity index (χ0v) is 7.29. The first-order valence-corrected chi connectivity index (χ1v) is 4.31. The highest BCUT2D eigenvalue weighted by Crippen LogP contribution is 2.12. The van der Waals surface area contributed by atoms with E-state index in [1.807, 2.05) is 36.5 Å². The van der Waals surface area contributed by atoms with Crippen molar-refractivity contribution in [2.75, 3.05) is 13.2 Å². The monoisotopic (exact) mass is 176 g/mol. The largest absolute Gasteiger partial charge is 0.459 e. The van der Waals surface area contributed by atoms with Crippen LogP contribution >= 0.6 is 0 Å². The first-order chi connectivity index (χ1) is 6.45.